The molecule has 3 aromatic rings. The maximum atomic E-state index is 13.9. The van der Waals surface area contributed by atoms with E-state index in [9.17, 15) is 14.0 Å². The minimum absolute atomic E-state index is 0.136. The third-order valence-corrected chi connectivity index (χ3v) is 4.32. The lowest BCUT2D eigenvalue weighted by molar-refractivity contribution is -0.131. The lowest BCUT2D eigenvalue weighted by Crippen LogP contribution is -2.32. The van der Waals surface area contributed by atoms with Crippen molar-refractivity contribution in [3.05, 3.63) is 89.0 Å². The summed E-state index contributed by atoms with van der Waals surface area (Å²) >= 11 is 0. The molecule has 5 nitrogen and oxygen atoms in total. The SMILES string of the molecule is C=CCN(Cc1ccccc1F)C(=O)CCn1ncc(=O)c2ccccc21. The number of aromatic nitrogens is 2. The number of benzene rings is 2. The molecule has 0 aliphatic heterocycles. The Hall–Kier alpha value is -3.28. The molecule has 6 heteroatoms. The van der Waals surface area contributed by atoms with Gasteiger partial charge in [-0.2, -0.15) is 5.10 Å². The standard InChI is InChI=1S/C21H20FN3O2/c1-2-12-24(15-16-7-3-5-9-18(16)22)21(27)11-13-25-19-10-6-4-8-17(19)20(26)14-23-25/h2-10,14H,1,11-13,15H2. The molecule has 0 aliphatic rings. The first-order valence-corrected chi connectivity index (χ1v) is 8.67. The Balaban J connectivity index is 1.75. The maximum Gasteiger partial charge on any atom is 0.225 e. The van der Waals surface area contributed by atoms with Crippen molar-refractivity contribution in [1.29, 1.82) is 0 Å². The number of nitrogens with zero attached hydrogens (tertiary/aromatic N) is 3. The van der Waals surface area contributed by atoms with Crippen LogP contribution in [0.25, 0.3) is 10.9 Å². The number of carbonyl (C=O) groups is 1. The quantitative estimate of drug-likeness (QED) is 0.605. The normalized spacial score (nSPS) is 10.7. The van der Waals surface area contributed by atoms with E-state index < -0.39 is 0 Å². The van der Waals surface area contributed by atoms with E-state index in [1.54, 1.807) is 52.1 Å². The highest BCUT2D eigenvalue weighted by Gasteiger charge is 2.15. The van der Waals surface area contributed by atoms with E-state index in [2.05, 4.69) is 11.7 Å². The van der Waals surface area contributed by atoms with Crippen LogP contribution in [0, 0.1) is 5.82 Å². The molecule has 1 aromatic heterocycles. The Bertz CT molecular complexity index is 1030. The van der Waals surface area contributed by atoms with Gasteiger partial charge in [0.1, 0.15) is 5.82 Å². The van der Waals surface area contributed by atoms with E-state index in [0.29, 0.717) is 29.6 Å². The Morgan fingerprint density at radius 3 is 2.70 bits per heavy atom. The van der Waals surface area contributed by atoms with Gasteiger partial charge in [-0.25, -0.2) is 4.39 Å². The first kappa shape index (κ1) is 18.5. The summed E-state index contributed by atoms with van der Waals surface area (Å²) in [5.74, 6) is -0.477. The summed E-state index contributed by atoms with van der Waals surface area (Å²) < 4.78 is 15.6. The second-order valence-electron chi connectivity index (χ2n) is 6.15. The summed E-state index contributed by atoms with van der Waals surface area (Å²) in [4.78, 5) is 26.1. The van der Waals surface area contributed by atoms with Crippen LogP contribution in [-0.2, 0) is 17.9 Å². The van der Waals surface area contributed by atoms with Gasteiger partial charge in [-0.1, -0.05) is 36.4 Å². The highest BCUT2D eigenvalue weighted by molar-refractivity contribution is 5.79. The molecule has 3 rings (SSSR count). The predicted molar refractivity (Wildman–Crippen MR) is 103 cm³/mol. The van der Waals surface area contributed by atoms with E-state index in [1.807, 2.05) is 6.07 Å². The number of fused-ring (bicyclic) bond motifs is 1. The van der Waals surface area contributed by atoms with E-state index in [4.69, 9.17) is 0 Å². The van der Waals surface area contributed by atoms with Crippen LogP contribution >= 0.6 is 0 Å². The zero-order chi connectivity index (χ0) is 19.2. The van der Waals surface area contributed by atoms with Gasteiger partial charge in [0.05, 0.1) is 18.3 Å². The molecule has 0 fully saturated rings. The number of hydrogen-bond acceptors (Lipinski definition) is 3. The number of carbonyl (C=O) groups excluding carboxylic acids is 1. The van der Waals surface area contributed by atoms with E-state index >= 15 is 0 Å². The summed E-state index contributed by atoms with van der Waals surface area (Å²) in [7, 11) is 0. The van der Waals surface area contributed by atoms with Crippen molar-refractivity contribution in [3.63, 3.8) is 0 Å². The molecule has 0 saturated carbocycles. The van der Waals surface area contributed by atoms with Crippen molar-refractivity contribution in [2.45, 2.75) is 19.5 Å². The van der Waals surface area contributed by atoms with Crippen LogP contribution in [0.5, 0.6) is 0 Å². The molecular weight excluding hydrogens is 345 g/mol. The van der Waals surface area contributed by atoms with Crippen LogP contribution < -0.4 is 5.43 Å². The van der Waals surface area contributed by atoms with E-state index in [1.165, 1.54) is 12.3 Å². The summed E-state index contributed by atoms with van der Waals surface area (Å²) in [5.41, 5.74) is 0.989. The van der Waals surface area contributed by atoms with E-state index in [-0.39, 0.29) is 30.1 Å². The fourth-order valence-electron chi connectivity index (χ4n) is 2.94. The highest BCUT2D eigenvalue weighted by atomic mass is 19.1. The molecule has 0 N–H and O–H groups in total. The summed E-state index contributed by atoms with van der Waals surface area (Å²) in [6.45, 7) is 4.50. The topological polar surface area (TPSA) is 55.2 Å². The van der Waals surface area contributed by atoms with Gasteiger partial charge < -0.3 is 4.90 Å². The van der Waals surface area contributed by atoms with Gasteiger partial charge in [-0.15, -0.1) is 6.58 Å². The summed E-state index contributed by atoms with van der Waals surface area (Å²) in [6.07, 6.45) is 3.06. The number of aryl methyl sites for hydroxylation is 1. The second kappa shape index (κ2) is 8.40. The molecule has 1 heterocycles. The largest absolute Gasteiger partial charge is 0.334 e. The Kier molecular flexibility index (Phi) is 5.76. The van der Waals surface area contributed by atoms with Gasteiger partial charge in [-0.3, -0.25) is 14.3 Å². The molecule has 0 aliphatic carbocycles. The van der Waals surface area contributed by atoms with Crippen LogP contribution in [-0.4, -0.2) is 27.1 Å². The number of hydrogen-bond donors (Lipinski definition) is 0. The molecule has 0 radical (unpaired) electrons. The van der Waals surface area contributed by atoms with Gasteiger partial charge >= 0.3 is 0 Å². The van der Waals surface area contributed by atoms with Crippen molar-refractivity contribution < 1.29 is 9.18 Å². The van der Waals surface area contributed by atoms with Crippen LogP contribution in [0.1, 0.15) is 12.0 Å². The molecular formula is C21H20FN3O2. The molecule has 0 bridgehead atoms. The van der Waals surface area contributed by atoms with Gasteiger partial charge in [-0.05, 0) is 18.2 Å². The zero-order valence-electron chi connectivity index (χ0n) is 14.8. The first-order valence-electron chi connectivity index (χ1n) is 8.67. The third kappa shape index (κ3) is 4.28. The van der Waals surface area contributed by atoms with Gasteiger partial charge in [0.15, 0.2) is 0 Å². The molecule has 0 saturated heterocycles. The fourth-order valence-corrected chi connectivity index (χ4v) is 2.94. The minimum atomic E-state index is -0.340. The van der Waals surface area contributed by atoms with Crippen LogP contribution in [0.3, 0.4) is 0 Å². The van der Waals surface area contributed by atoms with Crippen molar-refractivity contribution in [2.75, 3.05) is 6.54 Å². The molecule has 27 heavy (non-hydrogen) atoms. The van der Waals surface area contributed by atoms with Gasteiger partial charge in [0.2, 0.25) is 11.3 Å². The maximum absolute atomic E-state index is 13.9. The van der Waals surface area contributed by atoms with Gasteiger partial charge in [0.25, 0.3) is 0 Å². The first-order chi connectivity index (χ1) is 13.1. The minimum Gasteiger partial charge on any atom is -0.334 e. The van der Waals surface area contributed by atoms with Crippen molar-refractivity contribution in [1.82, 2.24) is 14.7 Å². The Labute approximate surface area is 156 Å². The highest BCUT2D eigenvalue weighted by Crippen LogP contribution is 2.12. The molecule has 0 unspecified atom stereocenters. The fraction of sp³-hybridized carbons (Fsp3) is 0.190. The number of halogens is 1. The smallest absolute Gasteiger partial charge is 0.225 e. The molecule has 2 aromatic carbocycles. The second-order valence-corrected chi connectivity index (χ2v) is 6.15. The number of amides is 1. The van der Waals surface area contributed by atoms with Crippen LogP contribution in [0.2, 0.25) is 0 Å². The monoisotopic (exact) mass is 365 g/mol. The van der Waals surface area contributed by atoms with Crippen LogP contribution in [0.15, 0.2) is 72.2 Å². The average molecular weight is 365 g/mol. The molecule has 138 valence electrons. The molecule has 1 amide bonds. The van der Waals surface area contributed by atoms with Crippen molar-refractivity contribution in [2.24, 2.45) is 0 Å². The summed E-state index contributed by atoms with van der Waals surface area (Å²) in [5, 5.41) is 4.70. The summed E-state index contributed by atoms with van der Waals surface area (Å²) in [6, 6.07) is 13.5. The lowest BCUT2D eigenvalue weighted by atomic mass is 10.2. The average Bonchev–Trinajstić information content (AvgIpc) is 2.69. The zero-order valence-corrected chi connectivity index (χ0v) is 14.8. The Morgan fingerprint density at radius 1 is 1.19 bits per heavy atom. The predicted octanol–water partition coefficient (Wildman–Crippen LogP) is 3.14. The number of rotatable bonds is 7. The van der Waals surface area contributed by atoms with Crippen LogP contribution in [0.4, 0.5) is 4.39 Å². The number of para-hydroxylation sites is 1. The molecule has 0 spiro atoms. The Morgan fingerprint density at radius 2 is 1.93 bits per heavy atom. The van der Waals surface area contributed by atoms with Crippen molar-refractivity contribution >= 4 is 16.8 Å². The lowest BCUT2D eigenvalue weighted by Gasteiger charge is -2.22. The third-order valence-electron chi connectivity index (χ3n) is 4.32. The van der Waals surface area contributed by atoms with E-state index in [0.717, 1.165) is 0 Å². The molecule has 0 atom stereocenters. The van der Waals surface area contributed by atoms with Gasteiger partial charge in [0, 0.05) is 30.5 Å². The van der Waals surface area contributed by atoms with Crippen molar-refractivity contribution in [3.8, 4) is 0 Å².